The van der Waals surface area contributed by atoms with Crippen LogP contribution in [0.2, 0.25) is 5.02 Å². The van der Waals surface area contributed by atoms with Crippen LogP contribution in [0.1, 0.15) is 5.56 Å². The molecule has 4 aromatic rings. The fourth-order valence-corrected chi connectivity index (χ4v) is 3.10. The number of benzene rings is 3. The van der Waals surface area contributed by atoms with Crippen LogP contribution < -0.4 is 5.32 Å². The van der Waals surface area contributed by atoms with Gasteiger partial charge in [-0.1, -0.05) is 84.4 Å². The second-order valence-corrected chi connectivity index (χ2v) is 6.98. The van der Waals surface area contributed by atoms with E-state index in [1.807, 2.05) is 91.0 Å². The number of hydrogen-bond acceptors (Lipinski definition) is 3. The number of carbonyl (C=O) groups is 1. The van der Waals surface area contributed by atoms with E-state index >= 15 is 0 Å². The summed E-state index contributed by atoms with van der Waals surface area (Å²) in [6.45, 7) is 0. The molecule has 5 heteroatoms. The van der Waals surface area contributed by atoms with Crippen LogP contribution in [0.3, 0.4) is 0 Å². The Labute approximate surface area is 174 Å². The Morgan fingerprint density at radius 3 is 1.93 bits per heavy atom. The maximum Gasteiger partial charge on any atom is 0.231 e. The van der Waals surface area contributed by atoms with Gasteiger partial charge in [0.15, 0.2) is 0 Å². The first kappa shape index (κ1) is 18.8. The third-order valence-corrected chi connectivity index (χ3v) is 4.65. The van der Waals surface area contributed by atoms with Gasteiger partial charge in [0.05, 0.1) is 17.8 Å². The van der Waals surface area contributed by atoms with Crippen LogP contribution in [0.5, 0.6) is 0 Å². The molecule has 1 heterocycles. The zero-order chi connectivity index (χ0) is 20.1. The molecule has 0 spiro atoms. The second kappa shape index (κ2) is 8.67. The third kappa shape index (κ3) is 4.86. The van der Waals surface area contributed by atoms with Crippen molar-refractivity contribution in [1.29, 1.82) is 0 Å². The van der Waals surface area contributed by atoms with E-state index in [2.05, 4.69) is 15.3 Å². The number of aromatic nitrogens is 2. The second-order valence-electron chi connectivity index (χ2n) is 6.55. The Balaban J connectivity index is 1.67. The van der Waals surface area contributed by atoms with E-state index in [-0.39, 0.29) is 18.3 Å². The van der Waals surface area contributed by atoms with E-state index in [0.29, 0.717) is 10.7 Å². The molecule has 3 aromatic carbocycles. The average Bonchev–Trinajstić information content (AvgIpc) is 2.75. The lowest BCUT2D eigenvalue weighted by atomic mass is 10.1. The summed E-state index contributed by atoms with van der Waals surface area (Å²) in [5.41, 5.74) is 4.23. The maximum absolute atomic E-state index is 12.5. The zero-order valence-corrected chi connectivity index (χ0v) is 16.3. The minimum absolute atomic E-state index is 0.163. The average molecular weight is 400 g/mol. The largest absolute Gasteiger partial charge is 0.294 e. The summed E-state index contributed by atoms with van der Waals surface area (Å²) in [5.74, 6) is 0.112. The standard InChI is InChI=1S/C24H18ClN3O/c25-20-13-11-19(12-14-20)22-16-21(18-9-5-2-6-10-18)26-24(27-22)28-23(29)15-17-7-3-1-4-8-17/h1-14,16H,15H2,(H,26,27,28,29). The molecule has 0 radical (unpaired) electrons. The highest BCUT2D eigenvalue weighted by atomic mass is 35.5. The lowest BCUT2D eigenvalue weighted by molar-refractivity contribution is -0.115. The number of halogens is 1. The first-order valence-corrected chi connectivity index (χ1v) is 9.59. The predicted octanol–water partition coefficient (Wildman–Crippen LogP) is 5.65. The molecule has 0 saturated heterocycles. The van der Waals surface area contributed by atoms with Gasteiger partial charge < -0.3 is 0 Å². The predicted molar refractivity (Wildman–Crippen MR) is 117 cm³/mol. The molecule has 142 valence electrons. The van der Waals surface area contributed by atoms with Crippen molar-refractivity contribution in [1.82, 2.24) is 9.97 Å². The van der Waals surface area contributed by atoms with Gasteiger partial charge in [-0.15, -0.1) is 0 Å². The summed E-state index contributed by atoms with van der Waals surface area (Å²) in [6.07, 6.45) is 0.260. The normalized spacial score (nSPS) is 10.5. The number of nitrogens with zero attached hydrogens (tertiary/aromatic N) is 2. The molecule has 0 aliphatic carbocycles. The van der Waals surface area contributed by atoms with E-state index < -0.39 is 0 Å². The van der Waals surface area contributed by atoms with Crippen LogP contribution in [0, 0.1) is 0 Å². The van der Waals surface area contributed by atoms with Crippen molar-refractivity contribution in [2.45, 2.75) is 6.42 Å². The van der Waals surface area contributed by atoms with Gasteiger partial charge in [0.1, 0.15) is 0 Å². The molecule has 0 saturated carbocycles. The Bertz CT molecular complexity index is 1110. The van der Waals surface area contributed by atoms with Crippen molar-refractivity contribution in [3.8, 4) is 22.5 Å². The smallest absolute Gasteiger partial charge is 0.231 e. The van der Waals surface area contributed by atoms with Crippen LogP contribution in [0.15, 0.2) is 91.0 Å². The number of anilines is 1. The molecule has 4 nitrogen and oxygen atoms in total. The fraction of sp³-hybridized carbons (Fsp3) is 0.0417. The summed E-state index contributed by atoms with van der Waals surface area (Å²) < 4.78 is 0. The Hall–Kier alpha value is -3.50. The molecule has 1 N–H and O–H groups in total. The molecule has 0 bridgehead atoms. The van der Waals surface area contributed by atoms with E-state index in [4.69, 9.17) is 11.6 Å². The molecule has 0 fully saturated rings. The molecule has 0 aliphatic rings. The SMILES string of the molecule is O=C(Cc1ccccc1)Nc1nc(-c2ccccc2)cc(-c2ccc(Cl)cc2)n1. The minimum Gasteiger partial charge on any atom is -0.294 e. The molecule has 1 aromatic heterocycles. The van der Waals surface area contributed by atoms with Crippen molar-refractivity contribution in [2.75, 3.05) is 5.32 Å². The quantitative estimate of drug-likeness (QED) is 0.472. The van der Waals surface area contributed by atoms with Crippen LogP contribution in [0.25, 0.3) is 22.5 Å². The lowest BCUT2D eigenvalue weighted by Crippen LogP contribution is -2.16. The molecule has 1 amide bonds. The molecular weight excluding hydrogens is 382 g/mol. The van der Waals surface area contributed by atoms with Gasteiger partial charge in [0.2, 0.25) is 11.9 Å². The van der Waals surface area contributed by atoms with Gasteiger partial charge in [0.25, 0.3) is 0 Å². The van der Waals surface area contributed by atoms with Crippen molar-refractivity contribution in [3.63, 3.8) is 0 Å². The van der Waals surface area contributed by atoms with Crippen molar-refractivity contribution in [3.05, 3.63) is 102 Å². The summed E-state index contributed by atoms with van der Waals surface area (Å²) in [7, 11) is 0. The lowest BCUT2D eigenvalue weighted by Gasteiger charge is -2.10. The van der Waals surface area contributed by atoms with Gasteiger partial charge in [0, 0.05) is 16.1 Å². The van der Waals surface area contributed by atoms with Crippen molar-refractivity contribution < 1.29 is 4.79 Å². The summed E-state index contributed by atoms with van der Waals surface area (Å²) in [4.78, 5) is 21.6. The Morgan fingerprint density at radius 1 is 0.759 bits per heavy atom. The van der Waals surface area contributed by atoms with Crippen molar-refractivity contribution >= 4 is 23.5 Å². The van der Waals surface area contributed by atoms with Crippen LogP contribution in [0.4, 0.5) is 5.95 Å². The van der Waals surface area contributed by atoms with E-state index in [9.17, 15) is 4.79 Å². The molecule has 0 atom stereocenters. The van der Waals surface area contributed by atoms with Crippen LogP contribution in [-0.4, -0.2) is 15.9 Å². The molecule has 29 heavy (non-hydrogen) atoms. The van der Waals surface area contributed by atoms with E-state index in [1.165, 1.54) is 0 Å². The highest BCUT2D eigenvalue weighted by Gasteiger charge is 2.11. The van der Waals surface area contributed by atoms with Crippen molar-refractivity contribution in [2.24, 2.45) is 0 Å². The maximum atomic E-state index is 12.5. The number of carbonyl (C=O) groups excluding carboxylic acids is 1. The minimum atomic E-state index is -0.163. The molecular formula is C24H18ClN3O. The van der Waals surface area contributed by atoms with E-state index in [0.717, 1.165) is 22.4 Å². The molecule has 0 unspecified atom stereocenters. The van der Waals surface area contributed by atoms with Crippen LogP contribution in [-0.2, 0) is 11.2 Å². The summed E-state index contributed by atoms with van der Waals surface area (Å²) in [6, 6.07) is 28.7. The first-order chi connectivity index (χ1) is 14.2. The highest BCUT2D eigenvalue weighted by molar-refractivity contribution is 6.30. The molecule has 4 rings (SSSR count). The number of amides is 1. The topological polar surface area (TPSA) is 54.9 Å². The summed E-state index contributed by atoms with van der Waals surface area (Å²) in [5, 5.41) is 3.49. The Morgan fingerprint density at radius 2 is 1.31 bits per heavy atom. The number of rotatable bonds is 5. The Kier molecular flexibility index (Phi) is 5.63. The third-order valence-electron chi connectivity index (χ3n) is 4.39. The van der Waals surface area contributed by atoms with Gasteiger partial charge in [-0.2, -0.15) is 0 Å². The van der Waals surface area contributed by atoms with E-state index in [1.54, 1.807) is 0 Å². The molecule has 0 aliphatic heterocycles. The zero-order valence-electron chi connectivity index (χ0n) is 15.5. The monoisotopic (exact) mass is 399 g/mol. The summed E-state index contributed by atoms with van der Waals surface area (Å²) >= 11 is 6.01. The van der Waals surface area contributed by atoms with Gasteiger partial charge in [-0.25, -0.2) is 9.97 Å². The fourth-order valence-electron chi connectivity index (χ4n) is 2.98. The highest BCUT2D eigenvalue weighted by Crippen LogP contribution is 2.26. The van der Waals surface area contributed by atoms with Gasteiger partial charge >= 0.3 is 0 Å². The van der Waals surface area contributed by atoms with Gasteiger partial charge in [-0.3, -0.25) is 10.1 Å². The van der Waals surface area contributed by atoms with Gasteiger partial charge in [-0.05, 0) is 23.8 Å². The number of hydrogen-bond donors (Lipinski definition) is 1. The first-order valence-electron chi connectivity index (χ1n) is 9.21. The van der Waals surface area contributed by atoms with Crippen LogP contribution >= 0.6 is 11.6 Å². The number of nitrogens with one attached hydrogen (secondary N) is 1.